The van der Waals surface area contributed by atoms with Crippen molar-refractivity contribution in [1.29, 1.82) is 0 Å². The number of carbonyl (C=O) groups excluding carboxylic acids is 2. The molecule has 3 rings (SSSR count). The summed E-state index contributed by atoms with van der Waals surface area (Å²) in [7, 11) is 0. The summed E-state index contributed by atoms with van der Waals surface area (Å²) < 4.78 is 10.8. The summed E-state index contributed by atoms with van der Waals surface area (Å²) in [5, 5.41) is 1.47. The summed E-state index contributed by atoms with van der Waals surface area (Å²) in [5.74, 6) is -0.410. The highest BCUT2D eigenvalue weighted by Crippen LogP contribution is 2.25. The zero-order valence-corrected chi connectivity index (χ0v) is 15.0. The quantitative estimate of drug-likeness (QED) is 0.686. The van der Waals surface area contributed by atoms with Crippen LogP contribution < -0.4 is 15.6 Å². The van der Waals surface area contributed by atoms with Gasteiger partial charge >= 0.3 is 5.91 Å². The fourth-order valence-electron chi connectivity index (χ4n) is 2.46. The Morgan fingerprint density at radius 2 is 1.77 bits per heavy atom. The average Bonchev–Trinajstić information content (AvgIpc) is 3.06. The van der Waals surface area contributed by atoms with Gasteiger partial charge in [-0.25, -0.2) is 0 Å². The molecule has 0 aliphatic carbocycles. The maximum Gasteiger partial charge on any atom is 0.305 e. The Morgan fingerprint density at radius 1 is 1.08 bits per heavy atom. The lowest BCUT2D eigenvalue weighted by molar-refractivity contribution is -0.123. The third-order valence-corrected chi connectivity index (χ3v) is 4.34. The number of fused-ring (bicyclic) bond motifs is 1. The van der Waals surface area contributed by atoms with Gasteiger partial charge in [0.05, 0.1) is 0 Å². The topological polar surface area (TPSA) is 80.6 Å². The monoisotopic (exact) mass is 372 g/mol. The van der Waals surface area contributed by atoms with Crippen molar-refractivity contribution < 1.29 is 18.7 Å². The smallest absolute Gasteiger partial charge is 0.305 e. The molecule has 7 heteroatoms. The fourth-order valence-corrected chi connectivity index (χ4v) is 2.57. The Hall–Kier alpha value is -2.99. The summed E-state index contributed by atoms with van der Waals surface area (Å²) in [4.78, 5) is 23.9. The Morgan fingerprint density at radius 3 is 2.46 bits per heavy atom. The van der Waals surface area contributed by atoms with Crippen molar-refractivity contribution in [3.8, 4) is 5.75 Å². The van der Waals surface area contributed by atoms with E-state index in [1.54, 1.807) is 24.3 Å². The van der Waals surface area contributed by atoms with Crippen LogP contribution in [0, 0.1) is 13.8 Å². The molecule has 1 heterocycles. The summed E-state index contributed by atoms with van der Waals surface area (Å²) >= 11 is 6.09. The van der Waals surface area contributed by atoms with E-state index in [1.165, 1.54) is 0 Å². The van der Waals surface area contributed by atoms with Gasteiger partial charge in [0.1, 0.15) is 11.3 Å². The number of hydrazine groups is 1. The lowest BCUT2D eigenvalue weighted by Gasteiger charge is -2.10. The van der Waals surface area contributed by atoms with Crippen molar-refractivity contribution in [2.24, 2.45) is 0 Å². The molecule has 3 aromatic rings. The third-order valence-electron chi connectivity index (χ3n) is 3.74. The number of nitrogens with one attached hydrogen (secondary N) is 2. The van der Waals surface area contributed by atoms with E-state index in [0.29, 0.717) is 16.4 Å². The number of hydrogen-bond donors (Lipinski definition) is 2. The molecule has 6 nitrogen and oxygen atoms in total. The Labute approximate surface area is 155 Å². The first kappa shape index (κ1) is 17.8. The van der Waals surface area contributed by atoms with Crippen molar-refractivity contribution in [3.05, 3.63) is 64.4 Å². The first-order chi connectivity index (χ1) is 12.4. The number of benzene rings is 2. The fraction of sp³-hybridized carbons (Fsp3) is 0.158. The maximum atomic E-state index is 12.0. The van der Waals surface area contributed by atoms with Gasteiger partial charge in [-0.15, -0.1) is 0 Å². The summed E-state index contributed by atoms with van der Waals surface area (Å²) in [6.07, 6.45) is 0. The SMILES string of the molecule is Cc1cc(OCC(=O)NNC(=O)c2cc3ccccc3o2)cc(C)c1Cl. The lowest BCUT2D eigenvalue weighted by atomic mass is 10.1. The molecule has 0 aliphatic rings. The molecule has 2 aromatic carbocycles. The summed E-state index contributed by atoms with van der Waals surface area (Å²) in [6.45, 7) is 3.46. The number of hydrogen-bond acceptors (Lipinski definition) is 4. The van der Waals surface area contributed by atoms with E-state index in [1.807, 2.05) is 32.0 Å². The molecule has 2 N–H and O–H groups in total. The van der Waals surface area contributed by atoms with E-state index in [4.69, 9.17) is 20.8 Å². The van der Waals surface area contributed by atoms with E-state index >= 15 is 0 Å². The molecule has 0 bridgehead atoms. The predicted molar refractivity (Wildman–Crippen MR) is 98.2 cm³/mol. The van der Waals surface area contributed by atoms with Crippen molar-refractivity contribution in [3.63, 3.8) is 0 Å². The molecule has 0 radical (unpaired) electrons. The summed E-state index contributed by atoms with van der Waals surface area (Å²) in [5.41, 5.74) is 6.90. The van der Waals surface area contributed by atoms with Gasteiger partial charge < -0.3 is 9.15 Å². The van der Waals surface area contributed by atoms with Gasteiger partial charge in [0, 0.05) is 10.4 Å². The number of rotatable bonds is 4. The standard InChI is InChI=1S/C19H17ClN2O4/c1-11-7-14(8-12(2)18(11)20)25-10-17(23)21-22-19(24)16-9-13-5-3-4-6-15(13)26-16/h3-9H,10H2,1-2H3,(H,21,23)(H,22,24). The van der Waals surface area contributed by atoms with Gasteiger partial charge in [0.25, 0.3) is 5.91 Å². The largest absolute Gasteiger partial charge is 0.484 e. The molecular formula is C19H17ClN2O4. The van der Waals surface area contributed by atoms with Crippen LogP contribution in [0.5, 0.6) is 5.75 Å². The van der Waals surface area contributed by atoms with Crippen LogP contribution >= 0.6 is 11.6 Å². The molecule has 0 saturated carbocycles. The van der Waals surface area contributed by atoms with Crippen molar-refractivity contribution in [2.45, 2.75) is 13.8 Å². The second-order valence-corrected chi connectivity index (χ2v) is 6.19. The second-order valence-electron chi connectivity index (χ2n) is 5.81. The van der Waals surface area contributed by atoms with Crippen molar-refractivity contribution in [1.82, 2.24) is 10.9 Å². The first-order valence-electron chi connectivity index (χ1n) is 7.91. The van der Waals surface area contributed by atoms with Gasteiger partial charge in [0.15, 0.2) is 12.4 Å². The van der Waals surface area contributed by atoms with Crippen LogP contribution in [0.4, 0.5) is 0 Å². The van der Waals surface area contributed by atoms with Crippen LogP contribution in [-0.4, -0.2) is 18.4 Å². The number of para-hydroxylation sites is 1. The van der Waals surface area contributed by atoms with Gasteiger partial charge in [-0.3, -0.25) is 20.4 Å². The van der Waals surface area contributed by atoms with Gasteiger partial charge in [0.2, 0.25) is 0 Å². The van der Waals surface area contributed by atoms with E-state index in [9.17, 15) is 9.59 Å². The highest BCUT2D eigenvalue weighted by atomic mass is 35.5. The van der Waals surface area contributed by atoms with E-state index < -0.39 is 11.8 Å². The van der Waals surface area contributed by atoms with Crippen molar-refractivity contribution in [2.75, 3.05) is 6.61 Å². The number of carbonyl (C=O) groups is 2. The minimum absolute atomic E-state index is 0.108. The Kier molecular flexibility index (Phi) is 5.14. The van der Waals surface area contributed by atoms with Crippen LogP contribution in [0.15, 0.2) is 46.9 Å². The number of ether oxygens (including phenoxy) is 1. The van der Waals surface area contributed by atoms with Gasteiger partial charge in [-0.1, -0.05) is 29.8 Å². The number of amides is 2. The normalized spacial score (nSPS) is 10.6. The molecule has 26 heavy (non-hydrogen) atoms. The molecule has 0 spiro atoms. The molecule has 0 aliphatic heterocycles. The zero-order valence-electron chi connectivity index (χ0n) is 14.3. The maximum absolute atomic E-state index is 12.0. The van der Waals surface area contributed by atoms with Gasteiger partial charge in [-0.05, 0) is 49.2 Å². The highest BCUT2D eigenvalue weighted by molar-refractivity contribution is 6.32. The average molecular weight is 373 g/mol. The van der Waals surface area contributed by atoms with Crippen LogP contribution in [0.1, 0.15) is 21.7 Å². The predicted octanol–water partition coefficient (Wildman–Crippen LogP) is 3.54. The van der Waals surface area contributed by atoms with E-state index in [-0.39, 0.29) is 12.4 Å². The molecule has 2 amide bonds. The number of aryl methyl sites for hydroxylation is 2. The molecule has 0 atom stereocenters. The Bertz CT molecular complexity index is 925. The zero-order chi connectivity index (χ0) is 18.7. The number of halogens is 1. The third kappa shape index (κ3) is 3.97. The van der Waals surface area contributed by atoms with Crippen LogP contribution in [0.2, 0.25) is 5.02 Å². The Balaban J connectivity index is 1.53. The molecule has 0 unspecified atom stereocenters. The van der Waals surface area contributed by atoms with Gasteiger partial charge in [-0.2, -0.15) is 0 Å². The van der Waals surface area contributed by atoms with Crippen LogP contribution in [-0.2, 0) is 4.79 Å². The van der Waals surface area contributed by atoms with Crippen LogP contribution in [0.25, 0.3) is 11.0 Å². The minimum Gasteiger partial charge on any atom is -0.484 e. The second kappa shape index (κ2) is 7.49. The van der Waals surface area contributed by atoms with Crippen molar-refractivity contribution >= 4 is 34.4 Å². The van der Waals surface area contributed by atoms with E-state index in [0.717, 1.165) is 16.5 Å². The number of furan rings is 1. The van der Waals surface area contributed by atoms with Crippen LogP contribution in [0.3, 0.4) is 0 Å². The molecule has 1 aromatic heterocycles. The van der Waals surface area contributed by atoms with E-state index in [2.05, 4.69) is 10.9 Å². The first-order valence-corrected chi connectivity index (χ1v) is 8.29. The lowest BCUT2D eigenvalue weighted by Crippen LogP contribution is -2.43. The summed E-state index contributed by atoms with van der Waals surface area (Å²) in [6, 6.07) is 12.3. The molecule has 0 fully saturated rings. The minimum atomic E-state index is -0.548. The molecular weight excluding hydrogens is 356 g/mol. The highest BCUT2D eigenvalue weighted by Gasteiger charge is 2.13. The molecule has 134 valence electrons. The molecule has 0 saturated heterocycles.